The van der Waals surface area contributed by atoms with Crippen molar-refractivity contribution in [3.8, 4) is 0 Å². The molecule has 0 unspecified atom stereocenters. The van der Waals surface area contributed by atoms with E-state index < -0.39 is 5.82 Å². The Morgan fingerprint density at radius 2 is 2.27 bits per heavy atom. The lowest BCUT2D eigenvalue weighted by Crippen LogP contribution is -1.84. The summed E-state index contributed by atoms with van der Waals surface area (Å²) in [5.41, 5.74) is 0.201. The monoisotopic (exact) mass is 149 g/mol. The Hall–Kier alpha value is -1.69. The number of halogens is 1. The number of benzene rings is 1. The first-order valence-corrected chi connectivity index (χ1v) is 2.90. The molecule has 54 valence electrons. The lowest BCUT2D eigenvalue weighted by Gasteiger charge is -1.92. The topological polar surface area (TPSA) is 21.4 Å². The summed E-state index contributed by atoms with van der Waals surface area (Å²) in [4.78, 5) is 13.2. The van der Waals surface area contributed by atoms with Gasteiger partial charge in [0.05, 0.1) is 6.57 Å². The van der Waals surface area contributed by atoms with Gasteiger partial charge >= 0.3 is 0 Å². The Morgan fingerprint density at radius 1 is 1.55 bits per heavy atom. The highest BCUT2D eigenvalue weighted by Crippen LogP contribution is 2.15. The summed E-state index contributed by atoms with van der Waals surface area (Å²) in [6, 6.07) is 3.65. The zero-order valence-corrected chi connectivity index (χ0v) is 5.54. The van der Waals surface area contributed by atoms with Gasteiger partial charge in [-0.15, -0.1) is 0 Å². The van der Waals surface area contributed by atoms with E-state index >= 15 is 0 Å². The minimum atomic E-state index is -0.590. The lowest BCUT2D eigenvalue weighted by atomic mass is 10.2. The summed E-state index contributed by atoms with van der Waals surface area (Å²) < 4.78 is 12.6. The molecule has 0 aliphatic carbocycles. The van der Waals surface area contributed by atoms with Crippen molar-refractivity contribution in [3.63, 3.8) is 0 Å². The van der Waals surface area contributed by atoms with Gasteiger partial charge in [-0.05, 0) is 12.1 Å². The largest absolute Gasteiger partial charge is 0.298 e. The lowest BCUT2D eigenvalue weighted by molar-refractivity contribution is 0.112. The highest BCUT2D eigenvalue weighted by Gasteiger charge is 2.00. The summed E-state index contributed by atoms with van der Waals surface area (Å²) in [6.07, 6.45) is 0.393. The summed E-state index contributed by atoms with van der Waals surface area (Å²) in [7, 11) is 0. The first-order chi connectivity index (χ1) is 5.27. The maximum absolute atomic E-state index is 12.6. The second kappa shape index (κ2) is 2.93. The summed E-state index contributed by atoms with van der Waals surface area (Å²) in [5.74, 6) is -0.590. The van der Waals surface area contributed by atoms with Gasteiger partial charge in [-0.1, -0.05) is 6.07 Å². The number of aldehydes is 1. The van der Waals surface area contributed by atoms with Gasteiger partial charge in [-0.3, -0.25) is 4.79 Å². The van der Waals surface area contributed by atoms with Gasteiger partial charge in [-0.2, -0.15) is 0 Å². The zero-order chi connectivity index (χ0) is 8.27. The molecule has 0 aromatic heterocycles. The van der Waals surface area contributed by atoms with Gasteiger partial charge in [0.15, 0.2) is 12.0 Å². The predicted octanol–water partition coefficient (Wildman–Crippen LogP) is 2.19. The molecule has 1 rings (SSSR count). The van der Waals surface area contributed by atoms with Crippen LogP contribution in [-0.2, 0) is 0 Å². The van der Waals surface area contributed by atoms with Crippen molar-refractivity contribution < 1.29 is 9.18 Å². The first kappa shape index (κ1) is 7.42. The van der Waals surface area contributed by atoms with Crippen molar-refractivity contribution >= 4 is 12.0 Å². The second-order valence-electron chi connectivity index (χ2n) is 1.94. The normalized spacial score (nSPS) is 8.73. The molecule has 0 atom stereocenters. The number of carbonyl (C=O) groups excluding carboxylic acids is 1. The number of hydrogen-bond acceptors (Lipinski definition) is 1. The molecule has 3 heteroatoms. The van der Waals surface area contributed by atoms with Crippen LogP contribution in [0.5, 0.6) is 0 Å². The van der Waals surface area contributed by atoms with E-state index in [-0.39, 0.29) is 11.3 Å². The minimum Gasteiger partial charge on any atom is -0.298 e. The summed E-state index contributed by atoms with van der Waals surface area (Å²) in [5, 5.41) is 0. The number of carbonyl (C=O) groups is 1. The average molecular weight is 149 g/mol. The fraction of sp³-hybridized carbons (Fsp3) is 0. The third kappa shape index (κ3) is 1.41. The van der Waals surface area contributed by atoms with Crippen LogP contribution in [0.2, 0.25) is 0 Å². The van der Waals surface area contributed by atoms with Gasteiger partial charge in [0, 0.05) is 5.56 Å². The van der Waals surface area contributed by atoms with Crippen LogP contribution >= 0.6 is 0 Å². The Bertz CT molecular complexity index is 327. The number of hydrogen-bond donors (Lipinski definition) is 0. The van der Waals surface area contributed by atoms with E-state index in [9.17, 15) is 9.18 Å². The number of nitrogens with zero attached hydrogens (tertiary/aromatic N) is 1. The van der Waals surface area contributed by atoms with E-state index in [4.69, 9.17) is 6.57 Å². The smallest absolute Gasteiger partial charge is 0.188 e. The Balaban J connectivity index is 3.25. The van der Waals surface area contributed by atoms with Gasteiger partial charge in [0.1, 0.15) is 5.82 Å². The van der Waals surface area contributed by atoms with E-state index in [1.165, 1.54) is 12.1 Å². The van der Waals surface area contributed by atoms with Crippen LogP contribution in [0, 0.1) is 12.4 Å². The molecule has 1 aromatic rings. The third-order valence-corrected chi connectivity index (χ3v) is 1.24. The maximum Gasteiger partial charge on any atom is 0.188 e. The minimum absolute atomic E-state index is 0.0708. The Kier molecular flexibility index (Phi) is 1.98. The van der Waals surface area contributed by atoms with Crippen molar-refractivity contribution in [3.05, 3.63) is 41.0 Å². The Labute approximate surface area is 63.1 Å². The molecule has 0 aliphatic rings. The molecule has 0 saturated heterocycles. The standard InChI is InChI=1S/C8H4FNO/c1-10-7-2-3-8(9)6(4-7)5-11/h2-5H. The molecule has 0 aliphatic heterocycles. The first-order valence-electron chi connectivity index (χ1n) is 2.90. The molecule has 0 spiro atoms. The molecule has 1 aromatic carbocycles. The van der Waals surface area contributed by atoms with Crippen molar-refractivity contribution in [2.45, 2.75) is 0 Å². The molecule has 0 bridgehead atoms. The predicted molar refractivity (Wildman–Crippen MR) is 38.0 cm³/mol. The fourth-order valence-corrected chi connectivity index (χ4v) is 0.691. The van der Waals surface area contributed by atoms with Gasteiger partial charge in [0.2, 0.25) is 0 Å². The number of rotatable bonds is 1. The quantitative estimate of drug-likeness (QED) is 0.443. The van der Waals surface area contributed by atoms with Crippen LogP contribution in [0.4, 0.5) is 10.1 Å². The zero-order valence-electron chi connectivity index (χ0n) is 5.54. The molecule has 11 heavy (non-hydrogen) atoms. The molecule has 0 fully saturated rings. The molecule has 0 radical (unpaired) electrons. The summed E-state index contributed by atoms with van der Waals surface area (Å²) >= 11 is 0. The van der Waals surface area contributed by atoms with Crippen LogP contribution in [0.15, 0.2) is 18.2 Å². The molecule has 0 heterocycles. The second-order valence-corrected chi connectivity index (χ2v) is 1.94. The average Bonchev–Trinajstić information content (AvgIpc) is 2.05. The maximum atomic E-state index is 12.6. The van der Waals surface area contributed by atoms with E-state index in [1.54, 1.807) is 0 Å². The highest BCUT2D eigenvalue weighted by atomic mass is 19.1. The van der Waals surface area contributed by atoms with Crippen LogP contribution in [-0.4, -0.2) is 6.29 Å². The van der Waals surface area contributed by atoms with E-state index in [0.717, 1.165) is 6.07 Å². The van der Waals surface area contributed by atoms with Crippen LogP contribution in [0.25, 0.3) is 4.85 Å². The van der Waals surface area contributed by atoms with Crippen molar-refractivity contribution in [1.82, 2.24) is 0 Å². The van der Waals surface area contributed by atoms with Gasteiger partial charge < -0.3 is 0 Å². The summed E-state index contributed by atoms with van der Waals surface area (Å²) in [6.45, 7) is 6.57. The van der Waals surface area contributed by atoms with Crippen molar-refractivity contribution in [2.24, 2.45) is 0 Å². The van der Waals surface area contributed by atoms with E-state index in [2.05, 4.69) is 4.85 Å². The van der Waals surface area contributed by atoms with Gasteiger partial charge in [-0.25, -0.2) is 9.24 Å². The Morgan fingerprint density at radius 3 is 2.82 bits per heavy atom. The van der Waals surface area contributed by atoms with Crippen LogP contribution in [0.1, 0.15) is 10.4 Å². The fourth-order valence-electron chi connectivity index (χ4n) is 0.691. The third-order valence-electron chi connectivity index (χ3n) is 1.24. The van der Waals surface area contributed by atoms with Crippen LogP contribution < -0.4 is 0 Å². The molecule has 2 nitrogen and oxygen atoms in total. The molecule has 0 N–H and O–H groups in total. The molecular formula is C8H4FNO. The highest BCUT2D eigenvalue weighted by molar-refractivity contribution is 5.77. The van der Waals surface area contributed by atoms with Crippen molar-refractivity contribution in [1.29, 1.82) is 0 Å². The van der Waals surface area contributed by atoms with Gasteiger partial charge in [0.25, 0.3) is 0 Å². The molecule has 0 amide bonds. The molecular weight excluding hydrogens is 145 g/mol. The SMILES string of the molecule is [C-]#[N+]c1ccc(F)c(C=O)c1. The van der Waals surface area contributed by atoms with Crippen molar-refractivity contribution in [2.75, 3.05) is 0 Å². The van der Waals surface area contributed by atoms with Crippen LogP contribution in [0.3, 0.4) is 0 Å². The van der Waals surface area contributed by atoms with E-state index in [0.29, 0.717) is 6.29 Å². The van der Waals surface area contributed by atoms with E-state index in [1.807, 2.05) is 0 Å². The molecule has 0 saturated carbocycles.